The Kier molecular flexibility index (Phi) is 5.46. The summed E-state index contributed by atoms with van der Waals surface area (Å²) in [5.74, 6) is -0.788. The summed E-state index contributed by atoms with van der Waals surface area (Å²) in [5.41, 5.74) is 3.66. The summed E-state index contributed by atoms with van der Waals surface area (Å²) >= 11 is 0. The van der Waals surface area contributed by atoms with Gasteiger partial charge in [0, 0.05) is 24.4 Å². The van der Waals surface area contributed by atoms with Crippen molar-refractivity contribution in [2.75, 3.05) is 7.11 Å². The lowest BCUT2D eigenvalue weighted by Gasteiger charge is -2.19. The number of amides is 1. The van der Waals surface area contributed by atoms with Crippen LogP contribution in [-0.4, -0.2) is 30.0 Å². The lowest BCUT2D eigenvalue weighted by atomic mass is 9.96. The number of ether oxygens (including phenoxy) is 1. The zero-order valence-corrected chi connectivity index (χ0v) is 13.5. The molecule has 1 heterocycles. The number of esters is 1. The van der Waals surface area contributed by atoms with Crippen molar-refractivity contribution in [3.63, 3.8) is 0 Å². The predicted molar refractivity (Wildman–Crippen MR) is 87.1 cm³/mol. The molecule has 1 amide bonds. The maximum atomic E-state index is 12.3. The topological polar surface area (TPSA) is 68.3 Å². The molecule has 120 valence electrons. The summed E-state index contributed by atoms with van der Waals surface area (Å²) in [5, 5.41) is 2.75. The van der Waals surface area contributed by atoms with Crippen LogP contribution in [0.2, 0.25) is 0 Å². The predicted octanol–water partition coefficient (Wildman–Crippen LogP) is 2.21. The van der Waals surface area contributed by atoms with Crippen molar-refractivity contribution in [1.29, 1.82) is 0 Å². The van der Waals surface area contributed by atoms with E-state index in [1.807, 2.05) is 32.0 Å². The van der Waals surface area contributed by atoms with Gasteiger partial charge < -0.3 is 10.1 Å². The summed E-state index contributed by atoms with van der Waals surface area (Å²) < 4.78 is 4.84. The Morgan fingerprint density at radius 3 is 2.30 bits per heavy atom. The Labute approximate surface area is 135 Å². The molecule has 0 saturated heterocycles. The van der Waals surface area contributed by atoms with E-state index in [0.717, 1.165) is 16.7 Å². The van der Waals surface area contributed by atoms with E-state index >= 15 is 0 Å². The lowest BCUT2D eigenvalue weighted by molar-refractivity contribution is -0.142. The van der Waals surface area contributed by atoms with Crippen molar-refractivity contribution in [3.05, 3.63) is 65.0 Å². The molecule has 0 bridgehead atoms. The largest absolute Gasteiger partial charge is 0.467 e. The molecular weight excluding hydrogens is 292 g/mol. The van der Waals surface area contributed by atoms with E-state index in [4.69, 9.17) is 4.74 Å². The molecule has 1 atom stereocenters. The third kappa shape index (κ3) is 4.16. The van der Waals surface area contributed by atoms with Gasteiger partial charge in [-0.25, -0.2) is 4.79 Å². The quantitative estimate of drug-likeness (QED) is 0.860. The zero-order chi connectivity index (χ0) is 16.8. The maximum Gasteiger partial charge on any atom is 0.328 e. The number of hydrogen-bond donors (Lipinski definition) is 1. The molecule has 0 spiro atoms. The monoisotopic (exact) mass is 312 g/mol. The normalized spacial score (nSPS) is 11.6. The minimum atomic E-state index is -0.736. The number of pyridine rings is 1. The fourth-order valence-electron chi connectivity index (χ4n) is 2.46. The molecule has 23 heavy (non-hydrogen) atoms. The Balaban J connectivity index is 2.21. The number of rotatable bonds is 5. The number of aryl methyl sites for hydroxylation is 2. The van der Waals surface area contributed by atoms with Gasteiger partial charge in [0.15, 0.2) is 0 Å². The molecule has 1 aromatic heterocycles. The second-order valence-electron chi connectivity index (χ2n) is 5.36. The van der Waals surface area contributed by atoms with Crippen LogP contribution >= 0.6 is 0 Å². The van der Waals surface area contributed by atoms with Gasteiger partial charge in [0.05, 0.1) is 7.11 Å². The molecule has 2 aromatic rings. The SMILES string of the molecule is COC(=O)[C@@H](Cc1c(C)cccc1C)NC(=O)c1ccncc1. The van der Waals surface area contributed by atoms with Crippen molar-refractivity contribution < 1.29 is 14.3 Å². The molecule has 5 nitrogen and oxygen atoms in total. The minimum Gasteiger partial charge on any atom is -0.467 e. The van der Waals surface area contributed by atoms with E-state index in [1.54, 1.807) is 12.1 Å². The second-order valence-corrected chi connectivity index (χ2v) is 5.36. The van der Waals surface area contributed by atoms with Crippen LogP contribution in [0, 0.1) is 13.8 Å². The van der Waals surface area contributed by atoms with Crippen LogP contribution in [0.15, 0.2) is 42.7 Å². The van der Waals surface area contributed by atoms with Gasteiger partial charge in [-0.05, 0) is 42.7 Å². The average molecular weight is 312 g/mol. The second kappa shape index (κ2) is 7.54. The summed E-state index contributed by atoms with van der Waals surface area (Å²) in [6, 6.07) is 8.41. The molecule has 0 aliphatic carbocycles. The van der Waals surface area contributed by atoms with Crippen LogP contribution in [0.3, 0.4) is 0 Å². The van der Waals surface area contributed by atoms with Crippen molar-refractivity contribution in [2.45, 2.75) is 26.3 Å². The van der Waals surface area contributed by atoms with E-state index < -0.39 is 12.0 Å². The Bertz CT molecular complexity index is 678. The average Bonchev–Trinajstić information content (AvgIpc) is 2.57. The van der Waals surface area contributed by atoms with Gasteiger partial charge in [-0.15, -0.1) is 0 Å². The van der Waals surface area contributed by atoms with Crippen molar-refractivity contribution in [2.24, 2.45) is 0 Å². The van der Waals surface area contributed by atoms with Crippen LogP contribution in [0.5, 0.6) is 0 Å². The van der Waals surface area contributed by atoms with E-state index in [2.05, 4.69) is 10.3 Å². The zero-order valence-electron chi connectivity index (χ0n) is 13.5. The van der Waals surface area contributed by atoms with Crippen molar-refractivity contribution in [1.82, 2.24) is 10.3 Å². The maximum absolute atomic E-state index is 12.3. The summed E-state index contributed by atoms with van der Waals surface area (Å²) in [6.45, 7) is 3.97. The number of carbonyl (C=O) groups excluding carboxylic acids is 2. The van der Waals surface area contributed by atoms with Crippen LogP contribution < -0.4 is 5.32 Å². The highest BCUT2D eigenvalue weighted by Gasteiger charge is 2.23. The molecule has 0 aliphatic heterocycles. The molecule has 0 saturated carbocycles. The molecule has 2 rings (SSSR count). The highest BCUT2D eigenvalue weighted by molar-refractivity contribution is 5.96. The Morgan fingerprint density at radius 1 is 1.13 bits per heavy atom. The Morgan fingerprint density at radius 2 is 1.74 bits per heavy atom. The van der Waals surface area contributed by atoms with E-state index in [0.29, 0.717) is 12.0 Å². The molecular formula is C18H20N2O3. The minimum absolute atomic E-state index is 0.325. The number of methoxy groups -OCH3 is 1. The first-order valence-corrected chi connectivity index (χ1v) is 7.36. The van der Waals surface area contributed by atoms with Crippen LogP contribution in [0.4, 0.5) is 0 Å². The van der Waals surface area contributed by atoms with Crippen LogP contribution in [0.1, 0.15) is 27.0 Å². The van der Waals surface area contributed by atoms with E-state index in [1.165, 1.54) is 19.5 Å². The van der Waals surface area contributed by atoms with E-state index in [-0.39, 0.29) is 5.91 Å². The summed E-state index contributed by atoms with van der Waals surface area (Å²) in [7, 11) is 1.32. The standard InChI is InChI=1S/C18H20N2O3/c1-12-5-4-6-13(2)15(12)11-16(18(22)23-3)20-17(21)14-7-9-19-10-8-14/h4-10,16H,11H2,1-3H3,(H,20,21)/t16-/m1/s1. The van der Waals surface area contributed by atoms with Gasteiger partial charge in [0.1, 0.15) is 6.04 Å². The summed E-state index contributed by atoms with van der Waals surface area (Å²) in [6.07, 6.45) is 3.46. The van der Waals surface area contributed by atoms with Gasteiger partial charge in [-0.1, -0.05) is 18.2 Å². The summed E-state index contributed by atoms with van der Waals surface area (Å²) in [4.78, 5) is 28.2. The molecule has 0 aliphatic rings. The number of hydrogen-bond acceptors (Lipinski definition) is 4. The van der Waals surface area contributed by atoms with Crippen LogP contribution in [0.25, 0.3) is 0 Å². The first kappa shape index (κ1) is 16.7. The number of nitrogens with zero attached hydrogens (tertiary/aromatic N) is 1. The van der Waals surface area contributed by atoms with E-state index in [9.17, 15) is 9.59 Å². The van der Waals surface area contributed by atoms with Gasteiger partial charge in [0.2, 0.25) is 0 Å². The highest BCUT2D eigenvalue weighted by Crippen LogP contribution is 2.16. The number of nitrogens with one attached hydrogen (secondary N) is 1. The van der Waals surface area contributed by atoms with Crippen molar-refractivity contribution in [3.8, 4) is 0 Å². The van der Waals surface area contributed by atoms with Crippen LogP contribution in [-0.2, 0) is 16.0 Å². The smallest absolute Gasteiger partial charge is 0.328 e. The number of carbonyl (C=O) groups is 2. The lowest BCUT2D eigenvalue weighted by Crippen LogP contribution is -2.43. The fourth-order valence-corrected chi connectivity index (χ4v) is 2.46. The van der Waals surface area contributed by atoms with Crippen molar-refractivity contribution >= 4 is 11.9 Å². The number of aromatic nitrogens is 1. The molecule has 0 radical (unpaired) electrons. The molecule has 1 N–H and O–H groups in total. The fraction of sp³-hybridized carbons (Fsp3) is 0.278. The first-order valence-electron chi connectivity index (χ1n) is 7.36. The highest BCUT2D eigenvalue weighted by atomic mass is 16.5. The number of benzene rings is 1. The van der Waals surface area contributed by atoms with Gasteiger partial charge >= 0.3 is 5.97 Å². The third-order valence-electron chi connectivity index (χ3n) is 3.79. The van der Waals surface area contributed by atoms with Gasteiger partial charge in [-0.2, -0.15) is 0 Å². The Hall–Kier alpha value is -2.69. The first-order chi connectivity index (χ1) is 11.0. The van der Waals surface area contributed by atoms with Gasteiger partial charge in [-0.3, -0.25) is 9.78 Å². The van der Waals surface area contributed by atoms with Gasteiger partial charge in [0.25, 0.3) is 5.91 Å². The molecule has 1 aromatic carbocycles. The third-order valence-corrected chi connectivity index (χ3v) is 3.79. The molecule has 0 fully saturated rings. The molecule has 5 heteroatoms. The molecule has 0 unspecified atom stereocenters.